The van der Waals surface area contributed by atoms with Crippen molar-refractivity contribution in [2.45, 2.75) is 32.6 Å². The first kappa shape index (κ1) is 12.7. The lowest BCUT2D eigenvalue weighted by Gasteiger charge is -2.28. The van der Waals surface area contributed by atoms with Crippen molar-refractivity contribution in [1.82, 2.24) is 0 Å². The molecule has 0 saturated heterocycles. The van der Waals surface area contributed by atoms with Crippen LogP contribution in [0.4, 0.5) is 5.69 Å². The van der Waals surface area contributed by atoms with E-state index >= 15 is 0 Å². The Labute approximate surface area is 115 Å². The molecule has 3 atom stereocenters. The monoisotopic (exact) mass is 257 g/mol. The van der Waals surface area contributed by atoms with Crippen LogP contribution in [0.2, 0.25) is 0 Å². The number of carbonyl (C=O) groups excluding carboxylic acids is 1. The number of ketones is 1. The van der Waals surface area contributed by atoms with Gasteiger partial charge in [0, 0.05) is 24.8 Å². The highest BCUT2D eigenvalue weighted by atomic mass is 16.1. The zero-order chi connectivity index (χ0) is 13.4. The largest absolute Gasteiger partial charge is 0.374 e. The summed E-state index contributed by atoms with van der Waals surface area (Å²) in [5.74, 6) is 3.02. The van der Waals surface area contributed by atoms with Crippen molar-refractivity contribution in [3.8, 4) is 0 Å². The third-order valence-corrected chi connectivity index (χ3v) is 5.11. The Kier molecular flexibility index (Phi) is 3.34. The molecule has 2 bridgehead atoms. The normalized spacial score (nSPS) is 28.6. The lowest BCUT2D eigenvalue weighted by Crippen LogP contribution is -2.28. The van der Waals surface area contributed by atoms with E-state index in [4.69, 9.17) is 0 Å². The summed E-state index contributed by atoms with van der Waals surface area (Å²) in [7, 11) is 2.18. The molecule has 2 aliphatic rings. The summed E-state index contributed by atoms with van der Waals surface area (Å²) in [4.78, 5) is 13.6. The molecule has 0 heterocycles. The molecule has 1 aromatic carbocycles. The lowest BCUT2D eigenvalue weighted by atomic mass is 9.88. The molecule has 0 radical (unpaired) electrons. The molecule has 2 saturated carbocycles. The van der Waals surface area contributed by atoms with E-state index in [0.717, 1.165) is 23.3 Å². The Balaban J connectivity index is 1.63. The summed E-state index contributed by atoms with van der Waals surface area (Å²) < 4.78 is 0. The third-order valence-electron chi connectivity index (χ3n) is 5.11. The van der Waals surface area contributed by atoms with Gasteiger partial charge in [-0.05, 0) is 68.2 Å². The summed E-state index contributed by atoms with van der Waals surface area (Å²) in [6.07, 6.45) is 5.83. The number of hydrogen-bond acceptors (Lipinski definition) is 2. The highest BCUT2D eigenvalue weighted by Gasteiger charge is 2.39. The molecular weight excluding hydrogens is 234 g/mol. The second-order valence-electron chi connectivity index (χ2n) is 6.42. The molecule has 0 spiro atoms. The number of benzene rings is 1. The fourth-order valence-electron chi connectivity index (χ4n) is 4.01. The van der Waals surface area contributed by atoms with Crippen molar-refractivity contribution in [1.29, 1.82) is 0 Å². The molecule has 3 rings (SSSR count). The van der Waals surface area contributed by atoms with Gasteiger partial charge in [0.1, 0.15) is 0 Å². The number of carbonyl (C=O) groups is 1. The summed E-state index contributed by atoms with van der Waals surface area (Å²) >= 11 is 0. The first-order valence-electron chi connectivity index (χ1n) is 7.45. The van der Waals surface area contributed by atoms with Gasteiger partial charge in [0.05, 0.1) is 0 Å². The van der Waals surface area contributed by atoms with Crippen molar-refractivity contribution in [3.63, 3.8) is 0 Å². The molecule has 3 unspecified atom stereocenters. The Bertz CT molecular complexity index is 465. The van der Waals surface area contributed by atoms with E-state index in [1.165, 1.54) is 37.9 Å². The summed E-state index contributed by atoms with van der Waals surface area (Å²) in [6.45, 7) is 2.79. The van der Waals surface area contributed by atoms with Crippen LogP contribution in [-0.2, 0) is 0 Å². The topological polar surface area (TPSA) is 20.3 Å². The van der Waals surface area contributed by atoms with Gasteiger partial charge < -0.3 is 4.90 Å². The van der Waals surface area contributed by atoms with Crippen LogP contribution in [0, 0.1) is 17.8 Å². The number of anilines is 1. The first-order chi connectivity index (χ1) is 9.13. The summed E-state index contributed by atoms with van der Waals surface area (Å²) in [5.41, 5.74) is 2.03. The average molecular weight is 257 g/mol. The standard InChI is InChI=1S/C17H23NO/c1-12(19)14-5-7-17(8-6-14)18(2)11-16-10-13-3-4-15(16)9-13/h5-8,13,15-16H,3-4,9-11H2,1-2H3. The number of Topliss-reactive ketones (excluding diaryl/α,β-unsaturated/α-hetero) is 1. The molecule has 1 aromatic rings. The average Bonchev–Trinajstić information content (AvgIpc) is 3.01. The van der Waals surface area contributed by atoms with Crippen molar-refractivity contribution in [2.24, 2.45) is 17.8 Å². The van der Waals surface area contributed by atoms with Gasteiger partial charge in [0.25, 0.3) is 0 Å². The van der Waals surface area contributed by atoms with E-state index in [9.17, 15) is 4.79 Å². The van der Waals surface area contributed by atoms with Gasteiger partial charge in [-0.3, -0.25) is 4.79 Å². The van der Waals surface area contributed by atoms with Crippen molar-refractivity contribution >= 4 is 11.5 Å². The smallest absolute Gasteiger partial charge is 0.159 e. The van der Waals surface area contributed by atoms with E-state index in [-0.39, 0.29) is 5.78 Å². The van der Waals surface area contributed by atoms with Crippen LogP contribution in [0.15, 0.2) is 24.3 Å². The molecular formula is C17H23NO. The van der Waals surface area contributed by atoms with Crippen LogP contribution in [0.5, 0.6) is 0 Å². The molecule has 2 heteroatoms. The summed E-state index contributed by atoms with van der Waals surface area (Å²) in [5, 5.41) is 0. The first-order valence-corrected chi connectivity index (χ1v) is 7.45. The van der Waals surface area contributed by atoms with Crippen molar-refractivity contribution in [3.05, 3.63) is 29.8 Å². The molecule has 2 nitrogen and oxygen atoms in total. The van der Waals surface area contributed by atoms with Gasteiger partial charge >= 0.3 is 0 Å². The van der Waals surface area contributed by atoms with E-state index in [0.29, 0.717) is 0 Å². The van der Waals surface area contributed by atoms with Crippen molar-refractivity contribution in [2.75, 3.05) is 18.5 Å². The minimum Gasteiger partial charge on any atom is -0.374 e. The quantitative estimate of drug-likeness (QED) is 0.765. The number of hydrogen-bond donors (Lipinski definition) is 0. The molecule has 2 aliphatic carbocycles. The van der Waals surface area contributed by atoms with Gasteiger partial charge in [-0.2, -0.15) is 0 Å². The molecule has 2 fully saturated rings. The molecule has 0 N–H and O–H groups in total. The highest BCUT2D eigenvalue weighted by Crippen LogP contribution is 2.48. The molecule has 0 aromatic heterocycles. The predicted molar refractivity (Wildman–Crippen MR) is 78.7 cm³/mol. The van der Waals surface area contributed by atoms with Crippen LogP contribution in [-0.4, -0.2) is 19.4 Å². The summed E-state index contributed by atoms with van der Waals surface area (Å²) in [6, 6.07) is 8.03. The van der Waals surface area contributed by atoms with Crippen molar-refractivity contribution < 1.29 is 4.79 Å². The molecule has 0 aliphatic heterocycles. The minimum absolute atomic E-state index is 0.141. The maximum absolute atomic E-state index is 11.3. The highest BCUT2D eigenvalue weighted by molar-refractivity contribution is 5.94. The van der Waals surface area contributed by atoms with Gasteiger partial charge in [0.2, 0.25) is 0 Å². The number of fused-ring (bicyclic) bond motifs is 2. The number of rotatable bonds is 4. The second-order valence-corrected chi connectivity index (χ2v) is 6.42. The Hall–Kier alpha value is -1.31. The van der Waals surface area contributed by atoms with E-state index in [2.05, 4.69) is 24.1 Å². The second kappa shape index (κ2) is 4.99. The Morgan fingerprint density at radius 2 is 1.95 bits per heavy atom. The molecule has 102 valence electrons. The van der Waals surface area contributed by atoms with E-state index in [1.807, 2.05) is 12.1 Å². The zero-order valence-electron chi connectivity index (χ0n) is 11.9. The minimum atomic E-state index is 0.141. The third kappa shape index (κ3) is 2.54. The maximum atomic E-state index is 11.3. The van der Waals surface area contributed by atoms with Crippen LogP contribution < -0.4 is 4.90 Å². The van der Waals surface area contributed by atoms with Gasteiger partial charge in [-0.1, -0.05) is 6.42 Å². The number of nitrogens with zero attached hydrogens (tertiary/aromatic N) is 1. The van der Waals surface area contributed by atoms with Crippen LogP contribution in [0.25, 0.3) is 0 Å². The van der Waals surface area contributed by atoms with Gasteiger partial charge in [-0.15, -0.1) is 0 Å². The Morgan fingerprint density at radius 3 is 2.47 bits per heavy atom. The van der Waals surface area contributed by atoms with Crippen LogP contribution in [0.3, 0.4) is 0 Å². The Morgan fingerprint density at radius 1 is 1.21 bits per heavy atom. The van der Waals surface area contributed by atoms with Gasteiger partial charge in [-0.25, -0.2) is 0 Å². The maximum Gasteiger partial charge on any atom is 0.159 e. The van der Waals surface area contributed by atoms with E-state index < -0.39 is 0 Å². The van der Waals surface area contributed by atoms with Crippen LogP contribution in [0.1, 0.15) is 43.0 Å². The van der Waals surface area contributed by atoms with E-state index in [1.54, 1.807) is 6.92 Å². The zero-order valence-corrected chi connectivity index (χ0v) is 11.9. The predicted octanol–water partition coefficient (Wildman–Crippen LogP) is 3.76. The fraction of sp³-hybridized carbons (Fsp3) is 0.588. The lowest BCUT2D eigenvalue weighted by molar-refractivity contribution is 0.101. The molecule has 0 amide bonds. The van der Waals surface area contributed by atoms with Crippen LogP contribution >= 0.6 is 0 Å². The molecule has 19 heavy (non-hydrogen) atoms. The fourth-order valence-corrected chi connectivity index (χ4v) is 4.01. The SMILES string of the molecule is CC(=O)c1ccc(N(C)CC2CC3CCC2C3)cc1. The van der Waals surface area contributed by atoms with Gasteiger partial charge in [0.15, 0.2) is 5.78 Å².